The largest absolute Gasteiger partial charge is 0.465 e. The van der Waals surface area contributed by atoms with Crippen LogP contribution in [0.25, 0.3) is 0 Å². The van der Waals surface area contributed by atoms with Crippen LogP contribution in [0.2, 0.25) is 0 Å². The first-order valence-corrected chi connectivity index (χ1v) is 11.3. The predicted octanol–water partition coefficient (Wildman–Crippen LogP) is 6.52. The van der Waals surface area contributed by atoms with Crippen molar-refractivity contribution in [3.8, 4) is 5.75 Å². The van der Waals surface area contributed by atoms with Gasteiger partial charge in [-0.15, -0.1) is 0 Å². The van der Waals surface area contributed by atoms with Crippen molar-refractivity contribution in [2.24, 2.45) is 0 Å². The lowest BCUT2D eigenvalue weighted by molar-refractivity contribution is -0.143. The molecule has 0 amide bonds. The zero-order valence-corrected chi connectivity index (χ0v) is 20.3. The van der Waals surface area contributed by atoms with E-state index in [-0.39, 0.29) is 18.0 Å². The Morgan fingerprint density at radius 3 is 2.12 bits per heavy atom. The fraction of sp³-hybridized carbons (Fsp3) is 0.310. The third-order valence-electron chi connectivity index (χ3n) is 5.62. The van der Waals surface area contributed by atoms with E-state index in [1.807, 2.05) is 68.4 Å². The number of rotatable bonds is 6. The molecule has 0 aliphatic heterocycles. The highest BCUT2D eigenvalue weighted by atomic mass is 16.5. The number of carbonyl (C=O) groups excluding carboxylic acids is 2. The van der Waals surface area contributed by atoms with E-state index in [2.05, 4.69) is 20.8 Å². The van der Waals surface area contributed by atoms with E-state index in [1.54, 1.807) is 19.1 Å². The molecule has 0 saturated carbocycles. The molecule has 0 bridgehead atoms. The minimum Gasteiger partial charge on any atom is -0.465 e. The molecule has 0 saturated heterocycles. The monoisotopic (exact) mass is 444 g/mol. The Balaban J connectivity index is 2.19. The van der Waals surface area contributed by atoms with Crippen LogP contribution in [0.5, 0.6) is 5.75 Å². The molecule has 1 unspecified atom stereocenters. The molecule has 0 aliphatic carbocycles. The summed E-state index contributed by atoms with van der Waals surface area (Å²) in [7, 11) is 0. The van der Waals surface area contributed by atoms with Gasteiger partial charge in [0.15, 0.2) is 0 Å². The van der Waals surface area contributed by atoms with Crippen molar-refractivity contribution in [2.75, 3.05) is 6.61 Å². The lowest BCUT2D eigenvalue weighted by atomic mass is 9.81. The minimum absolute atomic E-state index is 0.158. The van der Waals surface area contributed by atoms with Crippen molar-refractivity contribution in [1.29, 1.82) is 0 Å². The lowest BCUT2D eigenvalue weighted by Crippen LogP contribution is -2.21. The number of esters is 2. The second-order valence-electron chi connectivity index (χ2n) is 9.31. The SMILES string of the molecule is CCOC(=O)C(c1ccccc1)c1cc(C(C)(C)C)cc(C)c1OC(=O)c1ccc(C)cc1. The Labute approximate surface area is 196 Å². The summed E-state index contributed by atoms with van der Waals surface area (Å²) >= 11 is 0. The summed E-state index contributed by atoms with van der Waals surface area (Å²) in [5.41, 5.74) is 4.62. The number of hydrogen-bond donors (Lipinski definition) is 0. The van der Waals surface area contributed by atoms with Crippen molar-refractivity contribution in [1.82, 2.24) is 0 Å². The van der Waals surface area contributed by atoms with Crippen LogP contribution in [0, 0.1) is 13.8 Å². The smallest absolute Gasteiger partial charge is 0.343 e. The van der Waals surface area contributed by atoms with Crippen LogP contribution in [-0.4, -0.2) is 18.5 Å². The average Bonchev–Trinajstić information content (AvgIpc) is 2.76. The topological polar surface area (TPSA) is 52.6 Å². The summed E-state index contributed by atoms with van der Waals surface area (Å²) < 4.78 is 11.4. The molecule has 4 heteroatoms. The Kier molecular flexibility index (Phi) is 7.37. The molecule has 0 N–H and O–H groups in total. The standard InChI is InChI=1S/C29H32O4/c1-7-32-28(31)25(21-11-9-8-10-12-21)24-18-23(29(4,5)6)17-20(3)26(24)33-27(30)22-15-13-19(2)14-16-22/h8-18,25H,7H2,1-6H3. The van der Waals surface area contributed by atoms with Gasteiger partial charge in [0.05, 0.1) is 12.2 Å². The van der Waals surface area contributed by atoms with Gasteiger partial charge in [0.1, 0.15) is 11.7 Å². The van der Waals surface area contributed by atoms with E-state index in [0.29, 0.717) is 16.9 Å². The Morgan fingerprint density at radius 2 is 1.55 bits per heavy atom. The predicted molar refractivity (Wildman–Crippen MR) is 131 cm³/mol. The van der Waals surface area contributed by atoms with E-state index in [9.17, 15) is 9.59 Å². The zero-order chi connectivity index (χ0) is 24.2. The van der Waals surface area contributed by atoms with Gasteiger partial charge in [-0.3, -0.25) is 4.79 Å². The summed E-state index contributed by atoms with van der Waals surface area (Å²) in [6.07, 6.45) is 0. The van der Waals surface area contributed by atoms with Gasteiger partial charge in [-0.05, 0) is 55.0 Å². The first kappa shape index (κ1) is 24.2. The third kappa shape index (κ3) is 5.70. The van der Waals surface area contributed by atoms with Gasteiger partial charge in [-0.2, -0.15) is 0 Å². The fourth-order valence-electron chi connectivity index (χ4n) is 3.74. The van der Waals surface area contributed by atoms with Crippen molar-refractivity contribution in [3.63, 3.8) is 0 Å². The number of hydrogen-bond acceptors (Lipinski definition) is 4. The number of carbonyl (C=O) groups is 2. The molecule has 0 aliphatic rings. The van der Waals surface area contributed by atoms with Crippen LogP contribution in [0.15, 0.2) is 66.7 Å². The quantitative estimate of drug-likeness (QED) is 0.321. The average molecular weight is 445 g/mol. The summed E-state index contributed by atoms with van der Waals surface area (Å²) in [5.74, 6) is -1.15. The molecule has 4 nitrogen and oxygen atoms in total. The van der Waals surface area contributed by atoms with Gasteiger partial charge < -0.3 is 9.47 Å². The second-order valence-corrected chi connectivity index (χ2v) is 9.31. The molecular weight excluding hydrogens is 412 g/mol. The van der Waals surface area contributed by atoms with Crippen molar-refractivity contribution in [2.45, 2.75) is 52.9 Å². The van der Waals surface area contributed by atoms with E-state index >= 15 is 0 Å². The summed E-state index contributed by atoms with van der Waals surface area (Å²) in [6, 6.07) is 20.7. The maximum Gasteiger partial charge on any atom is 0.343 e. The molecule has 3 aromatic carbocycles. The molecule has 0 heterocycles. The van der Waals surface area contributed by atoms with Gasteiger partial charge in [0, 0.05) is 5.56 Å². The van der Waals surface area contributed by atoms with Crippen LogP contribution in [0.3, 0.4) is 0 Å². The Bertz CT molecular complexity index is 1120. The van der Waals surface area contributed by atoms with Gasteiger partial charge in [0.25, 0.3) is 0 Å². The number of ether oxygens (including phenoxy) is 2. The van der Waals surface area contributed by atoms with Crippen molar-refractivity contribution >= 4 is 11.9 Å². The van der Waals surface area contributed by atoms with Crippen LogP contribution < -0.4 is 4.74 Å². The highest BCUT2D eigenvalue weighted by Gasteiger charge is 2.31. The summed E-state index contributed by atoms with van der Waals surface area (Å²) in [4.78, 5) is 26.2. The van der Waals surface area contributed by atoms with E-state index in [0.717, 1.165) is 22.3 Å². The normalized spacial score (nSPS) is 12.2. The van der Waals surface area contributed by atoms with Crippen LogP contribution in [0.4, 0.5) is 0 Å². The molecule has 0 spiro atoms. The zero-order valence-electron chi connectivity index (χ0n) is 20.3. The highest BCUT2D eigenvalue weighted by Crippen LogP contribution is 2.39. The molecule has 0 aromatic heterocycles. The van der Waals surface area contributed by atoms with E-state index < -0.39 is 11.9 Å². The van der Waals surface area contributed by atoms with Gasteiger partial charge in [0.2, 0.25) is 0 Å². The Morgan fingerprint density at radius 1 is 0.909 bits per heavy atom. The van der Waals surface area contributed by atoms with Gasteiger partial charge in [-0.25, -0.2) is 4.79 Å². The van der Waals surface area contributed by atoms with Crippen LogP contribution >= 0.6 is 0 Å². The van der Waals surface area contributed by atoms with Crippen molar-refractivity contribution in [3.05, 3.63) is 100 Å². The molecule has 0 radical (unpaired) electrons. The van der Waals surface area contributed by atoms with E-state index in [1.165, 1.54) is 0 Å². The third-order valence-corrected chi connectivity index (χ3v) is 5.62. The lowest BCUT2D eigenvalue weighted by Gasteiger charge is -2.26. The molecule has 0 fully saturated rings. The molecule has 3 aromatic rings. The van der Waals surface area contributed by atoms with Gasteiger partial charge in [-0.1, -0.05) is 80.9 Å². The molecule has 172 valence electrons. The maximum atomic E-state index is 13.2. The first-order valence-electron chi connectivity index (χ1n) is 11.3. The minimum atomic E-state index is -0.715. The molecule has 33 heavy (non-hydrogen) atoms. The first-order chi connectivity index (χ1) is 15.6. The maximum absolute atomic E-state index is 13.2. The molecule has 1 atom stereocenters. The highest BCUT2D eigenvalue weighted by molar-refractivity contribution is 5.92. The van der Waals surface area contributed by atoms with Gasteiger partial charge >= 0.3 is 11.9 Å². The fourth-order valence-corrected chi connectivity index (χ4v) is 3.74. The van der Waals surface area contributed by atoms with Crippen molar-refractivity contribution < 1.29 is 19.1 Å². The summed E-state index contributed by atoms with van der Waals surface area (Å²) in [5, 5.41) is 0. The number of benzene rings is 3. The van der Waals surface area contributed by atoms with Crippen LogP contribution in [0.1, 0.15) is 71.8 Å². The van der Waals surface area contributed by atoms with Crippen LogP contribution in [-0.2, 0) is 14.9 Å². The second kappa shape index (κ2) is 10.0. The molecular formula is C29H32O4. The summed E-state index contributed by atoms with van der Waals surface area (Å²) in [6.45, 7) is 12.3. The molecule has 3 rings (SSSR count). The van der Waals surface area contributed by atoms with E-state index in [4.69, 9.17) is 9.47 Å². The number of aryl methyl sites for hydroxylation is 2. The Hall–Kier alpha value is -3.40.